The van der Waals surface area contributed by atoms with Gasteiger partial charge in [0.05, 0.1) is 28.2 Å². The Balaban J connectivity index is 1.56. The summed E-state index contributed by atoms with van der Waals surface area (Å²) >= 11 is 1.60. The van der Waals surface area contributed by atoms with Gasteiger partial charge < -0.3 is 20.6 Å². The zero-order valence-electron chi connectivity index (χ0n) is 25.9. The third-order valence-corrected chi connectivity index (χ3v) is 9.29. The number of carbonyl (C=O) groups excluding carboxylic acids is 3. The highest BCUT2D eigenvalue weighted by molar-refractivity contribution is 7.13. The molecule has 226 valence electrons. The first-order valence-corrected chi connectivity index (χ1v) is 15.4. The molecule has 1 aliphatic carbocycles. The molecule has 3 amide bonds. The maximum Gasteiger partial charge on any atom is 0.309 e. The summed E-state index contributed by atoms with van der Waals surface area (Å²) in [6.45, 7) is 23.2. The summed E-state index contributed by atoms with van der Waals surface area (Å²) in [5.74, 6) is -1.24. The van der Waals surface area contributed by atoms with Gasteiger partial charge in [0.2, 0.25) is 11.8 Å². The molecule has 2 heterocycles. The second-order valence-corrected chi connectivity index (χ2v) is 14.7. The molecule has 1 saturated heterocycles. The molecule has 2 unspecified atom stereocenters. The number of carbonyl (C=O) groups is 3. The predicted octanol–water partition coefficient (Wildman–Crippen LogP) is 4.54. The number of nitrogens with one attached hydrogen (secondary N) is 2. The van der Waals surface area contributed by atoms with Crippen LogP contribution in [0.4, 0.5) is 0 Å². The van der Waals surface area contributed by atoms with E-state index in [1.165, 1.54) is 4.90 Å². The number of hydrogen-bond donors (Lipinski definition) is 3. The summed E-state index contributed by atoms with van der Waals surface area (Å²) in [4.78, 5) is 50.9. The Labute approximate surface area is 252 Å². The quantitative estimate of drug-likeness (QED) is 0.408. The van der Waals surface area contributed by atoms with Crippen molar-refractivity contribution in [3.8, 4) is 10.4 Å². The molecule has 2 aliphatic rings. The van der Waals surface area contributed by atoms with Crippen molar-refractivity contribution in [2.75, 3.05) is 6.54 Å². The van der Waals surface area contributed by atoms with Gasteiger partial charge in [-0.15, -0.1) is 11.3 Å². The van der Waals surface area contributed by atoms with Crippen molar-refractivity contribution in [2.45, 2.75) is 110 Å². The number of aliphatic hydroxyl groups is 1. The van der Waals surface area contributed by atoms with E-state index in [2.05, 4.69) is 53.4 Å². The minimum absolute atomic E-state index is 0.00213. The number of amides is 3. The molecule has 1 aromatic carbocycles. The van der Waals surface area contributed by atoms with Crippen molar-refractivity contribution < 1.29 is 19.5 Å². The highest BCUT2D eigenvalue weighted by atomic mass is 32.1. The molecule has 0 bridgehead atoms. The number of benzene rings is 1. The fraction of sp³-hybridized carbons (Fsp3) is 0.594. The van der Waals surface area contributed by atoms with E-state index in [4.69, 9.17) is 6.57 Å². The number of likely N-dealkylation sites (tertiary alicyclic amines) is 1. The van der Waals surface area contributed by atoms with E-state index in [0.29, 0.717) is 12.8 Å². The first kappa shape index (κ1) is 31.6. The molecule has 2 aromatic rings. The molecule has 1 saturated carbocycles. The molecule has 0 spiro atoms. The van der Waals surface area contributed by atoms with E-state index in [-0.39, 0.29) is 30.3 Å². The normalized spacial score (nSPS) is 21.3. The van der Waals surface area contributed by atoms with Crippen LogP contribution in [0.3, 0.4) is 0 Å². The Morgan fingerprint density at radius 3 is 2.36 bits per heavy atom. The number of β-amino-alcohol motifs (C(OH)–C–C–N with tert-alkyl or cyclic N) is 1. The van der Waals surface area contributed by atoms with Crippen LogP contribution in [0, 0.1) is 18.9 Å². The molecule has 4 atom stereocenters. The maximum atomic E-state index is 13.9. The van der Waals surface area contributed by atoms with Crippen LogP contribution in [0.25, 0.3) is 15.3 Å². The van der Waals surface area contributed by atoms with Crippen LogP contribution in [0.1, 0.15) is 90.6 Å². The third kappa shape index (κ3) is 6.37. The predicted molar refractivity (Wildman–Crippen MR) is 164 cm³/mol. The van der Waals surface area contributed by atoms with Gasteiger partial charge >= 0.3 is 11.4 Å². The van der Waals surface area contributed by atoms with E-state index in [1.54, 1.807) is 11.3 Å². The SMILES string of the molecule is [C-]#[N+]C1(C(=O)NC(C(=O)N2C[C@H](O)CC2C(=O)N[C@@H](C)c2ccc(-c3scnc3C)cc2C(C)(C)C)C(C)(C)C)CC1. The highest BCUT2D eigenvalue weighted by Crippen LogP contribution is 2.41. The van der Waals surface area contributed by atoms with Crippen LogP contribution in [-0.2, 0) is 19.8 Å². The van der Waals surface area contributed by atoms with Crippen molar-refractivity contribution >= 4 is 29.1 Å². The Morgan fingerprint density at radius 2 is 1.83 bits per heavy atom. The number of aryl methyl sites for hydroxylation is 1. The van der Waals surface area contributed by atoms with Crippen molar-refractivity contribution in [1.82, 2.24) is 20.5 Å². The lowest BCUT2D eigenvalue weighted by Crippen LogP contribution is -2.59. The second kappa shape index (κ2) is 11.4. The second-order valence-electron chi connectivity index (χ2n) is 13.9. The molecule has 9 nitrogen and oxygen atoms in total. The van der Waals surface area contributed by atoms with E-state index in [0.717, 1.165) is 27.3 Å². The van der Waals surface area contributed by atoms with Gasteiger partial charge in [-0.05, 0) is 47.4 Å². The molecule has 0 radical (unpaired) electrons. The lowest BCUT2D eigenvalue weighted by molar-refractivity contribution is -0.144. The number of nitrogens with zero attached hydrogens (tertiary/aromatic N) is 3. The fourth-order valence-corrected chi connectivity index (χ4v) is 6.39. The van der Waals surface area contributed by atoms with Crippen LogP contribution in [0.15, 0.2) is 23.7 Å². The molecule has 1 aliphatic heterocycles. The van der Waals surface area contributed by atoms with Crippen LogP contribution < -0.4 is 10.6 Å². The summed E-state index contributed by atoms with van der Waals surface area (Å²) in [5, 5.41) is 16.5. The summed E-state index contributed by atoms with van der Waals surface area (Å²) in [6.07, 6.45) is 0.193. The Morgan fingerprint density at radius 1 is 1.17 bits per heavy atom. The van der Waals surface area contributed by atoms with Gasteiger partial charge in [-0.1, -0.05) is 53.7 Å². The first-order valence-electron chi connectivity index (χ1n) is 14.5. The lowest BCUT2D eigenvalue weighted by Gasteiger charge is -2.35. The Kier molecular flexibility index (Phi) is 8.60. The molecule has 4 rings (SSSR count). The van der Waals surface area contributed by atoms with Gasteiger partial charge in [-0.25, -0.2) is 11.6 Å². The van der Waals surface area contributed by atoms with Crippen molar-refractivity contribution in [2.24, 2.45) is 5.41 Å². The minimum atomic E-state index is -1.10. The van der Waals surface area contributed by atoms with E-state index in [1.807, 2.05) is 46.2 Å². The van der Waals surface area contributed by atoms with Crippen LogP contribution >= 0.6 is 11.3 Å². The molecule has 10 heteroatoms. The minimum Gasteiger partial charge on any atom is -0.391 e. The zero-order chi connectivity index (χ0) is 31.2. The fourth-order valence-electron chi connectivity index (χ4n) is 5.58. The summed E-state index contributed by atoms with van der Waals surface area (Å²) in [5.41, 5.74) is 4.01. The summed E-state index contributed by atoms with van der Waals surface area (Å²) in [7, 11) is 0. The van der Waals surface area contributed by atoms with Gasteiger partial charge in [-0.2, -0.15) is 0 Å². The number of rotatable bonds is 7. The van der Waals surface area contributed by atoms with Gasteiger partial charge in [0, 0.05) is 25.8 Å². The molecule has 3 N–H and O–H groups in total. The zero-order valence-corrected chi connectivity index (χ0v) is 26.7. The van der Waals surface area contributed by atoms with Gasteiger partial charge in [0.1, 0.15) is 12.1 Å². The average Bonchev–Trinajstić information content (AvgIpc) is 3.44. The number of aromatic nitrogens is 1. The Bertz CT molecular complexity index is 1410. The van der Waals surface area contributed by atoms with Crippen molar-refractivity contribution in [1.29, 1.82) is 0 Å². The summed E-state index contributed by atoms with van der Waals surface area (Å²) in [6, 6.07) is 4.07. The van der Waals surface area contributed by atoms with Crippen molar-refractivity contribution in [3.63, 3.8) is 0 Å². The van der Waals surface area contributed by atoms with E-state index < -0.39 is 41.0 Å². The smallest absolute Gasteiger partial charge is 0.309 e. The number of hydrogen-bond acceptors (Lipinski definition) is 6. The van der Waals surface area contributed by atoms with Crippen molar-refractivity contribution in [3.05, 3.63) is 51.9 Å². The van der Waals surface area contributed by atoms with Gasteiger partial charge in [0.25, 0.3) is 0 Å². The topological polar surface area (TPSA) is 116 Å². The molecule has 1 aromatic heterocycles. The Hall–Kier alpha value is -3.29. The third-order valence-electron chi connectivity index (χ3n) is 8.31. The monoisotopic (exact) mass is 593 g/mol. The highest BCUT2D eigenvalue weighted by Gasteiger charge is 2.59. The lowest BCUT2D eigenvalue weighted by atomic mass is 9.81. The van der Waals surface area contributed by atoms with Crippen LogP contribution in [0.2, 0.25) is 0 Å². The molecular formula is C32H43N5O4S. The molecular weight excluding hydrogens is 550 g/mol. The number of aliphatic hydroxyl groups excluding tert-OH is 1. The standard InChI is InChI=1S/C32H43N5O4S/c1-18(22-11-10-20(14-23(22)30(3,4)5)25-19(2)34-17-42-25)35-27(39)24-15-21(38)16-37(24)28(40)26(31(6,7)8)36-29(41)32(33-9)12-13-32/h10-11,14,17-18,21,24,26,38H,12-13,15-16H2,1-8H3,(H,35,39)(H,36,41)/t18-,21+,24?,26?/m0/s1. The van der Waals surface area contributed by atoms with Crippen LogP contribution in [0.5, 0.6) is 0 Å². The van der Waals surface area contributed by atoms with Crippen LogP contribution in [-0.4, -0.2) is 63.0 Å². The molecule has 2 fully saturated rings. The average molecular weight is 594 g/mol. The largest absolute Gasteiger partial charge is 0.391 e. The van der Waals surface area contributed by atoms with Gasteiger partial charge in [-0.3, -0.25) is 19.2 Å². The van der Waals surface area contributed by atoms with E-state index in [9.17, 15) is 19.5 Å². The number of thiazole rings is 1. The maximum absolute atomic E-state index is 13.9. The van der Waals surface area contributed by atoms with Gasteiger partial charge in [0.15, 0.2) is 0 Å². The first-order chi connectivity index (χ1) is 19.5. The molecule has 42 heavy (non-hydrogen) atoms. The summed E-state index contributed by atoms with van der Waals surface area (Å²) < 4.78 is 0. The van der Waals surface area contributed by atoms with E-state index >= 15 is 0 Å².